The van der Waals surface area contributed by atoms with Crippen LogP contribution in [0.2, 0.25) is 0 Å². The van der Waals surface area contributed by atoms with Crippen molar-refractivity contribution in [2.45, 2.75) is 33.2 Å². The molecule has 0 bridgehead atoms. The van der Waals surface area contributed by atoms with Crippen molar-refractivity contribution < 1.29 is 4.79 Å². The molecule has 0 spiro atoms. The van der Waals surface area contributed by atoms with E-state index in [1.807, 2.05) is 40.0 Å². The van der Waals surface area contributed by atoms with Gasteiger partial charge < -0.3 is 5.32 Å². The summed E-state index contributed by atoms with van der Waals surface area (Å²) in [4.78, 5) is 11.8. The maximum atomic E-state index is 11.8. The molecule has 0 aliphatic rings. The van der Waals surface area contributed by atoms with Gasteiger partial charge in [-0.1, -0.05) is 0 Å². The van der Waals surface area contributed by atoms with Crippen LogP contribution in [0, 0.1) is 13.8 Å². The van der Waals surface area contributed by atoms with E-state index < -0.39 is 0 Å². The SMILES string of the molecule is Cc1cc(C[C@@H](C)NC(=O)Nc2cc(C)n(C)n2)n[nH]1. The number of aromatic amines is 1. The van der Waals surface area contributed by atoms with Crippen molar-refractivity contribution in [2.24, 2.45) is 7.05 Å². The second-order valence-electron chi connectivity index (χ2n) is 5.04. The molecule has 0 saturated heterocycles. The van der Waals surface area contributed by atoms with Crippen LogP contribution in [0.1, 0.15) is 24.0 Å². The molecule has 108 valence electrons. The number of aromatic nitrogens is 4. The van der Waals surface area contributed by atoms with Crippen LogP contribution in [0.4, 0.5) is 10.6 Å². The minimum Gasteiger partial charge on any atom is -0.335 e. The number of aryl methyl sites for hydroxylation is 3. The number of rotatable bonds is 4. The minimum atomic E-state index is -0.261. The molecule has 0 unspecified atom stereocenters. The molecule has 2 aromatic rings. The molecular formula is C13H20N6O. The van der Waals surface area contributed by atoms with E-state index in [9.17, 15) is 4.79 Å². The third kappa shape index (κ3) is 3.59. The van der Waals surface area contributed by atoms with Crippen LogP contribution in [-0.4, -0.2) is 32.1 Å². The number of anilines is 1. The van der Waals surface area contributed by atoms with Crippen LogP contribution in [-0.2, 0) is 13.5 Å². The fourth-order valence-corrected chi connectivity index (χ4v) is 1.94. The lowest BCUT2D eigenvalue weighted by Crippen LogP contribution is -2.37. The number of amides is 2. The molecule has 3 N–H and O–H groups in total. The first-order chi connectivity index (χ1) is 9.44. The molecule has 0 aliphatic heterocycles. The predicted octanol–water partition coefficient (Wildman–Crippen LogP) is 1.51. The Morgan fingerprint density at radius 1 is 1.45 bits per heavy atom. The van der Waals surface area contributed by atoms with Gasteiger partial charge in [-0.15, -0.1) is 0 Å². The van der Waals surface area contributed by atoms with Gasteiger partial charge in [0.05, 0.1) is 5.69 Å². The number of hydrogen-bond donors (Lipinski definition) is 3. The molecule has 0 fully saturated rings. The summed E-state index contributed by atoms with van der Waals surface area (Å²) in [5.74, 6) is 0.547. The van der Waals surface area contributed by atoms with Crippen LogP contribution in [0.3, 0.4) is 0 Å². The largest absolute Gasteiger partial charge is 0.335 e. The zero-order chi connectivity index (χ0) is 14.7. The van der Waals surface area contributed by atoms with Gasteiger partial charge >= 0.3 is 6.03 Å². The zero-order valence-corrected chi connectivity index (χ0v) is 12.2. The normalized spacial score (nSPS) is 12.2. The average Bonchev–Trinajstić information content (AvgIpc) is 2.86. The molecule has 0 saturated carbocycles. The second-order valence-corrected chi connectivity index (χ2v) is 5.04. The molecule has 2 rings (SSSR count). The van der Waals surface area contributed by atoms with Gasteiger partial charge in [0.1, 0.15) is 0 Å². The highest BCUT2D eigenvalue weighted by Crippen LogP contribution is 2.07. The summed E-state index contributed by atoms with van der Waals surface area (Å²) in [5, 5.41) is 16.8. The first-order valence-corrected chi connectivity index (χ1v) is 6.53. The summed E-state index contributed by atoms with van der Waals surface area (Å²) in [7, 11) is 1.83. The number of nitrogens with zero attached hydrogens (tertiary/aromatic N) is 3. The molecule has 20 heavy (non-hydrogen) atoms. The highest BCUT2D eigenvalue weighted by Gasteiger charge is 2.11. The van der Waals surface area contributed by atoms with E-state index in [4.69, 9.17) is 0 Å². The lowest BCUT2D eigenvalue weighted by molar-refractivity contribution is 0.249. The van der Waals surface area contributed by atoms with Crippen LogP contribution < -0.4 is 10.6 Å². The van der Waals surface area contributed by atoms with E-state index in [0.717, 1.165) is 17.1 Å². The highest BCUT2D eigenvalue weighted by molar-refractivity contribution is 5.88. The topological polar surface area (TPSA) is 87.6 Å². The zero-order valence-electron chi connectivity index (χ0n) is 12.2. The van der Waals surface area contributed by atoms with Crippen molar-refractivity contribution in [3.63, 3.8) is 0 Å². The Labute approximate surface area is 117 Å². The summed E-state index contributed by atoms with van der Waals surface area (Å²) in [6.07, 6.45) is 0.680. The predicted molar refractivity (Wildman–Crippen MR) is 76.6 cm³/mol. The van der Waals surface area contributed by atoms with Gasteiger partial charge in [-0.2, -0.15) is 10.2 Å². The molecule has 7 nitrogen and oxygen atoms in total. The molecule has 0 aliphatic carbocycles. The van der Waals surface area contributed by atoms with Crippen molar-refractivity contribution >= 4 is 11.8 Å². The monoisotopic (exact) mass is 276 g/mol. The van der Waals surface area contributed by atoms with Crippen LogP contribution in [0.25, 0.3) is 0 Å². The minimum absolute atomic E-state index is 0.0116. The highest BCUT2D eigenvalue weighted by atomic mass is 16.2. The van der Waals surface area contributed by atoms with Crippen LogP contribution >= 0.6 is 0 Å². The van der Waals surface area contributed by atoms with Crippen LogP contribution in [0.5, 0.6) is 0 Å². The quantitative estimate of drug-likeness (QED) is 0.791. The Bertz CT molecular complexity index is 580. The van der Waals surface area contributed by atoms with Gasteiger partial charge in [-0.25, -0.2) is 4.79 Å². The standard InChI is InChI=1S/C13H20N6O/c1-8(5-11-6-9(2)16-17-11)14-13(20)15-12-7-10(3)19(4)18-12/h6-8H,5H2,1-4H3,(H,16,17)(H2,14,15,18,20)/t8-/m1/s1. The number of hydrogen-bond acceptors (Lipinski definition) is 3. The van der Waals surface area contributed by atoms with E-state index in [1.54, 1.807) is 4.68 Å². The Balaban J connectivity index is 1.84. The van der Waals surface area contributed by atoms with Gasteiger partial charge in [-0.3, -0.25) is 15.1 Å². The number of H-pyrrole nitrogens is 1. The van der Waals surface area contributed by atoms with Gasteiger partial charge in [0.2, 0.25) is 0 Å². The molecule has 7 heteroatoms. The van der Waals surface area contributed by atoms with Crippen molar-refractivity contribution in [1.29, 1.82) is 0 Å². The van der Waals surface area contributed by atoms with Crippen molar-refractivity contribution in [3.05, 3.63) is 29.2 Å². The van der Waals surface area contributed by atoms with Crippen LogP contribution in [0.15, 0.2) is 12.1 Å². The molecule has 0 radical (unpaired) electrons. The first-order valence-electron chi connectivity index (χ1n) is 6.53. The Morgan fingerprint density at radius 3 is 2.75 bits per heavy atom. The fourth-order valence-electron chi connectivity index (χ4n) is 1.94. The van der Waals surface area contributed by atoms with Crippen molar-refractivity contribution in [3.8, 4) is 0 Å². The van der Waals surface area contributed by atoms with E-state index in [-0.39, 0.29) is 12.1 Å². The number of urea groups is 1. The number of carbonyl (C=O) groups is 1. The smallest absolute Gasteiger partial charge is 0.320 e. The van der Waals surface area contributed by atoms with E-state index in [1.165, 1.54) is 0 Å². The molecule has 2 amide bonds. The van der Waals surface area contributed by atoms with E-state index in [0.29, 0.717) is 12.2 Å². The third-order valence-electron chi connectivity index (χ3n) is 3.01. The number of nitrogens with one attached hydrogen (secondary N) is 3. The van der Waals surface area contributed by atoms with Gasteiger partial charge in [0.15, 0.2) is 5.82 Å². The molecule has 0 aromatic carbocycles. The molecule has 2 aromatic heterocycles. The summed E-state index contributed by atoms with van der Waals surface area (Å²) in [6.45, 7) is 5.82. The number of carbonyl (C=O) groups excluding carboxylic acids is 1. The van der Waals surface area contributed by atoms with Crippen molar-refractivity contribution in [2.75, 3.05) is 5.32 Å². The van der Waals surface area contributed by atoms with Gasteiger partial charge in [0.25, 0.3) is 0 Å². The van der Waals surface area contributed by atoms with E-state index in [2.05, 4.69) is 25.9 Å². The Kier molecular flexibility index (Phi) is 4.07. The molecule has 1 atom stereocenters. The Morgan fingerprint density at radius 2 is 2.20 bits per heavy atom. The molecular weight excluding hydrogens is 256 g/mol. The summed E-state index contributed by atoms with van der Waals surface area (Å²) in [5.41, 5.74) is 2.94. The lowest BCUT2D eigenvalue weighted by Gasteiger charge is -2.12. The fraction of sp³-hybridized carbons (Fsp3) is 0.462. The Hall–Kier alpha value is -2.31. The second kappa shape index (κ2) is 5.77. The molecule has 2 heterocycles. The summed E-state index contributed by atoms with van der Waals surface area (Å²) >= 11 is 0. The first kappa shape index (κ1) is 14.1. The maximum absolute atomic E-state index is 11.8. The third-order valence-corrected chi connectivity index (χ3v) is 3.01. The lowest BCUT2D eigenvalue weighted by atomic mass is 10.2. The summed E-state index contributed by atoms with van der Waals surface area (Å²) < 4.78 is 1.71. The maximum Gasteiger partial charge on any atom is 0.320 e. The summed E-state index contributed by atoms with van der Waals surface area (Å²) in [6, 6.07) is 3.52. The van der Waals surface area contributed by atoms with Crippen molar-refractivity contribution in [1.82, 2.24) is 25.3 Å². The van der Waals surface area contributed by atoms with Gasteiger partial charge in [0, 0.05) is 37.0 Å². The average molecular weight is 276 g/mol. The van der Waals surface area contributed by atoms with E-state index >= 15 is 0 Å². The van der Waals surface area contributed by atoms with Gasteiger partial charge in [-0.05, 0) is 26.8 Å².